The molecule has 26 heavy (non-hydrogen) atoms. The maximum Gasteiger partial charge on any atom is 0.138 e. The molecular formula is C22H47NO2S. The molecule has 0 aliphatic rings. The van der Waals surface area contributed by atoms with E-state index in [1.807, 2.05) is 0 Å². The van der Waals surface area contributed by atoms with Crippen molar-refractivity contribution in [2.45, 2.75) is 135 Å². The van der Waals surface area contributed by atoms with Crippen LogP contribution < -0.4 is 5.14 Å². The summed E-state index contributed by atoms with van der Waals surface area (Å²) < 4.78 is 19.8. The molecule has 3 nitrogen and oxygen atoms in total. The van der Waals surface area contributed by atoms with Gasteiger partial charge in [-0.25, -0.2) is 9.35 Å². The molecule has 0 aromatic rings. The molecule has 0 spiro atoms. The van der Waals surface area contributed by atoms with Crippen molar-refractivity contribution in [3.63, 3.8) is 0 Å². The molecule has 0 radical (unpaired) electrons. The third kappa shape index (κ3) is 23.9. The Bertz CT molecular complexity index is 382. The molecule has 0 rings (SSSR count). The fourth-order valence-electron chi connectivity index (χ4n) is 3.47. The van der Waals surface area contributed by atoms with Crippen molar-refractivity contribution in [2.24, 2.45) is 5.14 Å². The van der Waals surface area contributed by atoms with Crippen molar-refractivity contribution >= 4 is 15.4 Å². The van der Waals surface area contributed by atoms with Crippen LogP contribution in [0.25, 0.3) is 0 Å². The van der Waals surface area contributed by atoms with Crippen LogP contribution in [0.4, 0.5) is 0 Å². The van der Waals surface area contributed by atoms with E-state index in [0.717, 1.165) is 12.8 Å². The first-order valence-corrected chi connectivity index (χ1v) is 13.1. The van der Waals surface area contributed by atoms with E-state index in [-0.39, 0.29) is 0 Å². The van der Waals surface area contributed by atoms with Crippen LogP contribution in [-0.2, 0) is 9.99 Å². The average molecular weight is 390 g/mol. The smallest absolute Gasteiger partial charge is 0.138 e. The predicted molar refractivity (Wildman–Crippen MR) is 119 cm³/mol. The van der Waals surface area contributed by atoms with Gasteiger partial charge < -0.3 is 4.55 Å². The van der Waals surface area contributed by atoms with E-state index in [1.165, 1.54) is 115 Å². The molecule has 3 N–H and O–H groups in total. The summed E-state index contributed by atoms with van der Waals surface area (Å²) in [4.78, 5) is 0. The van der Waals surface area contributed by atoms with E-state index < -0.39 is 9.99 Å². The number of hydrogen-bond acceptors (Lipinski definition) is 1. The first-order valence-electron chi connectivity index (χ1n) is 11.4. The van der Waals surface area contributed by atoms with Gasteiger partial charge in [-0.2, -0.15) is 0 Å². The maximum absolute atomic E-state index is 10.9. The predicted octanol–water partition coefficient (Wildman–Crippen LogP) is 7.24. The van der Waals surface area contributed by atoms with Crippen LogP contribution in [0.2, 0.25) is 0 Å². The van der Waals surface area contributed by atoms with Gasteiger partial charge in [0.1, 0.15) is 9.99 Å². The Morgan fingerprint density at radius 3 is 1.15 bits per heavy atom. The average Bonchev–Trinajstić information content (AvgIpc) is 2.59. The van der Waals surface area contributed by atoms with Gasteiger partial charge in [-0.15, -0.1) is 0 Å². The molecule has 158 valence electrons. The van der Waals surface area contributed by atoms with E-state index in [9.17, 15) is 4.21 Å². The molecule has 4 heteroatoms. The third-order valence-corrected chi connectivity index (χ3v) is 5.88. The van der Waals surface area contributed by atoms with Gasteiger partial charge in [0.25, 0.3) is 0 Å². The topological polar surface area (TPSA) is 63.3 Å². The minimum absolute atomic E-state index is 0.657. The third-order valence-electron chi connectivity index (χ3n) is 5.16. The van der Waals surface area contributed by atoms with Crippen LogP contribution >= 0.6 is 0 Å². The molecule has 0 fully saturated rings. The summed E-state index contributed by atoms with van der Waals surface area (Å²) in [7, 11) is -3.12. The summed E-state index contributed by atoms with van der Waals surface area (Å²) in [5.74, 6) is 0. The Morgan fingerprint density at radius 2 is 0.885 bits per heavy atom. The molecule has 0 saturated carbocycles. The summed E-state index contributed by atoms with van der Waals surface area (Å²) in [6.07, 6.45) is 26.6. The Hall–Kier alpha value is -0.0600. The largest absolute Gasteiger partial charge is 0.303 e. The van der Waals surface area contributed by atoms with E-state index in [2.05, 4.69) is 6.92 Å². The van der Waals surface area contributed by atoms with Gasteiger partial charge in [-0.3, -0.25) is 0 Å². The highest BCUT2D eigenvalue weighted by Gasteiger charge is 1.95. The molecule has 0 bridgehead atoms. The van der Waals surface area contributed by atoms with Crippen LogP contribution in [0.5, 0.6) is 0 Å². The van der Waals surface area contributed by atoms with E-state index in [1.54, 1.807) is 0 Å². The molecule has 1 unspecified atom stereocenters. The van der Waals surface area contributed by atoms with Gasteiger partial charge in [0.2, 0.25) is 0 Å². The zero-order valence-electron chi connectivity index (χ0n) is 17.6. The monoisotopic (exact) mass is 389 g/mol. The molecule has 1 atom stereocenters. The maximum atomic E-state index is 10.9. The lowest BCUT2D eigenvalue weighted by Crippen LogP contribution is -2.13. The highest BCUT2D eigenvalue weighted by Crippen LogP contribution is 2.14. The summed E-state index contributed by atoms with van der Waals surface area (Å²) in [5.41, 5.74) is 0. The highest BCUT2D eigenvalue weighted by molar-refractivity contribution is 7.93. The van der Waals surface area contributed by atoms with Gasteiger partial charge >= 0.3 is 0 Å². The number of nitrogens with two attached hydrogens (primary N) is 1. The minimum atomic E-state index is -3.12. The van der Waals surface area contributed by atoms with Gasteiger partial charge in [0.05, 0.1) is 0 Å². The quantitative estimate of drug-likeness (QED) is 0.170. The summed E-state index contributed by atoms with van der Waals surface area (Å²) in [6, 6.07) is 0. The SMILES string of the molecule is CCCCCCCCCCCCCCCCCCCCCC=S(N)(=O)O. The van der Waals surface area contributed by atoms with E-state index in [0.29, 0.717) is 6.42 Å². The molecule has 0 amide bonds. The van der Waals surface area contributed by atoms with E-state index >= 15 is 0 Å². The Labute approximate surface area is 164 Å². The van der Waals surface area contributed by atoms with Crippen LogP contribution in [0.3, 0.4) is 0 Å². The zero-order valence-corrected chi connectivity index (χ0v) is 18.4. The molecule has 0 aromatic heterocycles. The number of hydrogen-bond donors (Lipinski definition) is 2. The molecule has 0 aliphatic carbocycles. The number of rotatable bonds is 20. The van der Waals surface area contributed by atoms with Gasteiger partial charge in [-0.1, -0.05) is 122 Å². The van der Waals surface area contributed by atoms with Crippen LogP contribution in [0.15, 0.2) is 0 Å². The normalized spacial score (nSPS) is 13.7. The van der Waals surface area contributed by atoms with Crippen molar-refractivity contribution in [1.29, 1.82) is 0 Å². The van der Waals surface area contributed by atoms with Gasteiger partial charge in [0, 0.05) is 5.37 Å². The Balaban J connectivity index is 3.06. The first kappa shape index (κ1) is 25.9. The Kier molecular flexibility index (Phi) is 19.6. The van der Waals surface area contributed by atoms with Crippen LogP contribution in [0.1, 0.15) is 135 Å². The van der Waals surface area contributed by atoms with Crippen LogP contribution in [-0.4, -0.2) is 14.1 Å². The number of unbranched alkanes of at least 4 members (excludes halogenated alkanes) is 19. The van der Waals surface area contributed by atoms with Crippen molar-refractivity contribution in [3.05, 3.63) is 0 Å². The van der Waals surface area contributed by atoms with Crippen molar-refractivity contribution in [3.8, 4) is 0 Å². The first-order chi connectivity index (χ1) is 12.6. The van der Waals surface area contributed by atoms with Crippen molar-refractivity contribution in [1.82, 2.24) is 0 Å². The molecule has 0 aliphatic heterocycles. The zero-order chi connectivity index (χ0) is 19.3. The second kappa shape index (κ2) is 19.7. The lowest BCUT2D eigenvalue weighted by molar-refractivity contribution is 0.524. The molecule has 0 aromatic carbocycles. The summed E-state index contributed by atoms with van der Waals surface area (Å²) >= 11 is 0. The Morgan fingerprint density at radius 1 is 0.615 bits per heavy atom. The summed E-state index contributed by atoms with van der Waals surface area (Å²) in [5, 5.41) is 6.39. The van der Waals surface area contributed by atoms with Gasteiger partial charge in [-0.05, 0) is 12.8 Å². The lowest BCUT2D eigenvalue weighted by atomic mass is 10.0. The van der Waals surface area contributed by atoms with E-state index in [4.69, 9.17) is 9.69 Å². The minimum Gasteiger partial charge on any atom is -0.303 e. The van der Waals surface area contributed by atoms with Crippen LogP contribution in [0, 0.1) is 0 Å². The standard InChI is InChI=1S/C22H47NO2S/c1-2-3-4-5-6-7-8-9-10-11-12-13-14-15-16-17-18-19-20-21-22-26(23,24)25/h22H,2-21H2,1H3,(H3,23,24,25). The van der Waals surface area contributed by atoms with Crippen molar-refractivity contribution < 1.29 is 8.76 Å². The molecule has 0 saturated heterocycles. The second-order valence-corrected chi connectivity index (χ2v) is 9.49. The summed E-state index contributed by atoms with van der Waals surface area (Å²) in [6.45, 7) is 2.28. The van der Waals surface area contributed by atoms with Gasteiger partial charge in [0.15, 0.2) is 0 Å². The molecular weight excluding hydrogens is 342 g/mol. The second-order valence-electron chi connectivity index (χ2n) is 7.93. The molecule has 0 heterocycles. The fraction of sp³-hybridized carbons (Fsp3) is 0.955. The lowest BCUT2D eigenvalue weighted by Gasteiger charge is -2.04. The highest BCUT2D eigenvalue weighted by atomic mass is 32.2. The van der Waals surface area contributed by atoms with Crippen molar-refractivity contribution in [2.75, 3.05) is 0 Å². The fourth-order valence-corrected chi connectivity index (χ4v) is 3.98.